The molecule has 0 bridgehead atoms. The Balaban J connectivity index is 2.29. The van der Waals surface area contributed by atoms with E-state index in [0.717, 1.165) is 32.2 Å². The zero-order chi connectivity index (χ0) is 14.9. The van der Waals surface area contributed by atoms with Crippen LogP contribution in [0.15, 0.2) is 0 Å². The first-order valence-electron chi connectivity index (χ1n) is 7.20. The van der Waals surface area contributed by atoms with E-state index in [1.165, 1.54) is 0 Å². The summed E-state index contributed by atoms with van der Waals surface area (Å²) in [5.74, 6) is -1.05. The Labute approximate surface area is 119 Å². The van der Waals surface area contributed by atoms with E-state index in [1.54, 1.807) is 13.8 Å². The molecule has 0 radical (unpaired) electrons. The molecule has 0 spiro atoms. The molecule has 0 saturated heterocycles. The number of unbranched alkanes of at least 4 members (excludes halogenated alkanes) is 1. The molecule has 1 aliphatic carbocycles. The summed E-state index contributed by atoms with van der Waals surface area (Å²) in [4.78, 5) is 28.6. The van der Waals surface area contributed by atoms with Gasteiger partial charge in [-0.25, -0.2) is 4.79 Å². The summed E-state index contributed by atoms with van der Waals surface area (Å²) in [6.07, 6.45) is 4.14. The number of nitrogens with zero attached hydrogens (tertiary/aromatic N) is 1. The lowest BCUT2D eigenvalue weighted by atomic mass is 10.1. The van der Waals surface area contributed by atoms with Gasteiger partial charge in [-0.1, -0.05) is 13.3 Å². The third-order valence-electron chi connectivity index (χ3n) is 3.87. The van der Waals surface area contributed by atoms with Crippen LogP contribution in [0.4, 0.5) is 0 Å². The van der Waals surface area contributed by atoms with Crippen LogP contribution in [-0.4, -0.2) is 39.5 Å². The van der Waals surface area contributed by atoms with E-state index in [1.807, 2.05) is 4.90 Å². The minimum absolute atomic E-state index is 0.0281. The van der Waals surface area contributed by atoms with Gasteiger partial charge in [-0.15, -0.1) is 0 Å². The first-order valence-corrected chi connectivity index (χ1v) is 7.20. The lowest BCUT2D eigenvalue weighted by Crippen LogP contribution is -2.34. The van der Waals surface area contributed by atoms with Gasteiger partial charge in [0.05, 0.1) is 5.56 Å². The van der Waals surface area contributed by atoms with Crippen molar-refractivity contribution in [2.45, 2.75) is 52.5 Å². The van der Waals surface area contributed by atoms with Crippen LogP contribution in [0.2, 0.25) is 0 Å². The maximum Gasteiger partial charge on any atom is 0.352 e. The summed E-state index contributed by atoms with van der Waals surface area (Å²) in [6, 6.07) is 0.344. The molecule has 1 heterocycles. The fourth-order valence-corrected chi connectivity index (χ4v) is 2.59. The van der Waals surface area contributed by atoms with Crippen molar-refractivity contribution in [1.29, 1.82) is 0 Å². The average Bonchev–Trinajstić information content (AvgIpc) is 3.16. The fraction of sp³-hybridized carbons (Fsp3) is 0.600. The summed E-state index contributed by atoms with van der Waals surface area (Å²) in [5, 5.41) is 9.13. The third kappa shape index (κ3) is 2.71. The Morgan fingerprint density at radius 2 is 2.00 bits per heavy atom. The summed E-state index contributed by atoms with van der Waals surface area (Å²) < 4.78 is 0. The monoisotopic (exact) mass is 278 g/mol. The summed E-state index contributed by atoms with van der Waals surface area (Å²) in [5.41, 5.74) is 1.84. The molecule has 2 N–H and O–H groups in total. The number of carboxylic acid groups (broad SMARTS) is 1. The molecule has 2 rings (SSSR count). The highest BCUT2D eigenvalue weighted by molar-refractivity contribution is 6.01. The molecule has 1 aromatic heterocycles. The van der Waals surface area contributed by atoms with Crippen LogP contribution < -0.4 is 0 Å². The second-order valence-electron chi connectivity index (χ2n) is 5.51. The number of H-pyrrole nitrogens is 1. The molecule has 1 aromatic rings. The van der Waals surface area contributed by atoms with Crippen molar-refractivity contribution < 1.29 is 14.7 Å². The molecular weight excluding hydrogens is 256 g/mol. The third-order valence-corrected chi connectivity index (χ3v) is 3.87. The average molecular weight is 278 g/mol. The predicted octanol–water partition coefficient (Wildman–Crippen LogP) is 2.73. The van der Waals surface area contributed by atoms with Crippen LogP contribution in [0.1, 0.15) is 64.7 Å². The lowest BCUT2D eigenvalue weighted by Gasteiger charge is -2.22. The number of carboxylic acids is 1. The number of hydrogen-bond donors (Lipinski definition) is 2. The van der Waals surface area contributed by atoms with Crippen molar-refractivity contribution in [2.75, 3.05) is 6.54 Å². The van der Waals surface area contributed by atoms with E-state index in [9.17, 15) is 9.59 Å². The van der Waals surface area contributed by atoms with Gasteiger partial charge in [-0.05, 0) is 38.7 Å². The molecule has 0 atom stereocenters. The van der Waals surface area contributed by atoms with E-state index in [0.29, 0.717) is 22.9 Å². The molecule has 5 nitrogen and oxygen atoms in total. The maximum atomic E-state index is 12.7. The van der Waals surface area contributed by atoms with Crippen LogP contribution >= 0.6 is 0 Å². The Bertz CT molecular complexity index is 529. The van der Waals surface area contributed by atoms with Gasteiger partial charge in [0.1, 0.15) is 5.69 Å². The molecule has 5 heteroatoms. The van der Waals surface area contributed by atoms with Gasteiger partial charge in [-0.2, -0.15) is 0 Å². The minimum atomic E-state index is -1.02. The molecule has 1 aliphatic rings. The number of nitrogens with one attached hydrogen (secondary N) is 1. The van der Waals surface area contributed by atoms with Gasteiger partial charge in [-0.3, -0.25) is 4.79 Å². The Hall–Kier alpha value is -1.78. The number of aromatic nitrogens is 1. The largest absolute Gasteiger partial charge is 0.477 e. The van der Waals surface area contributed by atoms with E-state index in [4.69, 9.17) is 5.11 Å². The van der Waals surface area contributed by atoms with Gasteiger partial charge >= 0.3 is 5.97 Å². The van der Waals surface area contributed by atoms with Gasteiger partial charge in [0.2, 0.25) is 0 Å². The van der Waals surface area contributed by atoms with Crippen molar-refractivity contribution in [3.8, 4) is 0 Å². The molecule has 0 aromatic carbocycles. The lowest BCUT2D eigenvalue weighted by molar-refractivity contribution is 0.0690. The quantitative estimate of drug-likeness (QED) is 0.840. The van der Waals surface area contributed by atoms with Crippen LogP contribution in [0.3, 0.4) is 0 Å². The Kier molecular flexibility index (Phi) is 4.16. The number of carbonyl (C=O) groups excluding carboxylic acids is 1. The molecular formula is C15H22N2O3. The Morgan fingerprint density at radius 1 is 1.35 bits per heavy atom. The van der Waals surface area contributed by atoms with Crippen LogP contribution in [-0.2, 0) is 0 Å². The van der Waals surface area contributed by atoms with Gasteiger partial charge < -0.3 is 15.0 Å². The fourth-order valence-electron chi connectivity index (χ4n) is 2.59. The second-order valence-corrected chi connectivity index (χ2v) is 5.51. The van der Waals surface area contributed by atoms with Crippen molar-refractivity contribution in [3.05, 3.63) is 22.5 Å². The molecule has 1 saturated carbocycles. The molecule has 0 aliphatic heterocycles. The maximum absolute atomic E-state index is 12.7. The Morgan fingerprint density at radius 3 is 2.45 bits per heavy atom. The molecule has 1 amide bonds. The number of carbonyl (C=O) groups is 2. The topological polar surface area (TPSA) is 73.4 Å². The number of aryl methyl sites for hydroxylation is 1. The predicted molar refractivity (Wildman–Crippen MR) is 76.2 cm³/mol. The van der Waals surface area contributed by atoms with Crippen molar-refractivity contribution in [1.82, 2.24) is 9.88 Å². The van der Waals surface area contributed by atoms with E-state index >= 15 is 0 Å². The first-order chi connectivity index (χ1) is 9.47. The summed E-state index contributed by atoms with van der Waals surface area (Å²) in [6.45, 7) is 6.32. The summed E-state index contributed by atoms with van der Waals surface area (Å²) >= 11 is 0. The van der Waals surface area contributed by atoms with Crippen LogP contribution in [0.25, 0.3) is 0 Å². The molecule has 0 unspecified atom stereocenters. The van der Waals surface area contributed by atoms with E-state index < -0.39 is 5.97 Å². The number of aromatic carboxylic acids is 1. The van der Waals surface area contributed by atoms with Crippen molar-refractivity contribution >= 4 is 11.9 Å². The number of hydrogen-bond acceptors (Lipinski definition) is 2. The normalized spacial score (nSPS) is 14.3. The minimum Gasteiger partial charge on any atom is -0.477 e. The highest BCUT2D eigenvalue weighted by Crippen LogP contribution is 2.30. The van der Waals surface area contributed by atoms with E-state index in [-0.39, 0.29) is 11.6 Å². The van der Waals surface area contributed by atoms with Gasteiger partial charge in [0, 0.05) is 18.3 Å². The highest BCUT2D eigenvalue weighted by atomic mass is 16.4. The molecule has 1 fully saturated rings. The smallest absolute Gasteiger partial charge is 0.352 e. The van der Waals surface area contributed by atoms with Crippen LogP contribution in [0, 0.1) is 13.8 Å². The summed E-state index contributed by atoms with van der Waals surface area (Å²) in [7, 11) is 0. The first kappa shape index (κ1) is 14.6. The second kappa shape index (κ2) is 5.69. The standard InChI is InChI=1S/C15H22N2O3/c1-4-5-8-17(11-6-7-11)14(18)12-9(2)13(15(19)20)16-10(12)3/h11,16H,4-8H2,1-3H3,(H,19,20). The SMILES string of the molecule is CCCCN(C(=O)c1c(C)[nH]c(C(=O)O)c1C)C1CC1. The molecule has 110 valence electrons. The van der Waals surface area contributed by atoms with Gasteiger partial charge in [0.15, 0.2) is 0 Å². The van der Waals surface area contributed by atoms with Crippen LogP contribution in [0.5, 0.6) is 0 Å². The number of rotatable bonds is 6. The number of amides is 1. The van der Waals surface area contributed by atoms with Gasteiger partial charge in [0.25, 0.3) is 5.91 Å². The van der Waals surface area contributed by atoms with Crippen molar-refractivity contribution in [2.24, 2.45) is 0 Å². The van der Waals surface area contributed by atoms with E-state index in [2.05, 4.69) is 11.9 Å². The molecule has 20 heavy (non-hydrogen) atoms. The van der Waals surface area contributed by atoms with Crippen molar-refractivity contribution in [3.63, 3.8) is 0 Å². The number of aromatic amines is 1. The highest BCUT2D eigenvalue weighted by Gasteiger charge is 2.34. The zero-order valence-corrected chi connectivity index (χ0v) is 12.3. The zero-order valence-electron chi connectivity index (χ0n) is 12.3.